The summed E-state index contributed by atoms with van der Waals surface area (Å²) >= 11 is 1.33. The number of nitrogens with zero attached hydrogens (tertiary/aromatic N) is 2. The van der Waals surface area contributed by atoms with Gasteiger partial charge < -0.3 is 14.7 Å². The van der Waals surface area contributed by atoms with Crippen LogP contribution in [0.25, 0.3) is 0 Å². The van der Waals surface area contributed by atoms with Crippen LogP contribution in [0.1, 0.15) is 66.3 Å². The van der Waals surface area contributed by atoms with E-state index in [1.54, 1.807) is 0 Å². The van der Waals surface area contributed by atoms with Gasteiger partial charge in [0.25, 0.3) is 5.91 Å². The number of anilines is 1. The Morgan fingerprint density at radius 1 is 1.31 bits per heavy atom. The van der Waals surface area contributed by atoms with Crippen LogP contribution in [0.2, 0.25) is 0 Å². The SMILES string of the molecule is Cc1cc(C2CCCN2C(=O)c2sc(NC(=O)C(C)(C)C)cc2C)no1. The average Bonchev–Trinajstić information content (AvgIpc) is 3.25. The number of nitrogens with one attached hydrogen (secondary N) is 1. The summed E-state index contributed by atoms with van der Waals surface area (Å²) in [7, 11) is 0. The van der Waals surface area contributed by atoms with E-state index in [0.717, 1.165) is 29.9 Å². The molecule has 1 unspecified atom stereocenters. The Balaban J connectivity index is 1.80. The number of aromatic nitrogens is 1. The minimum atomic E-state index is -0.479. The molecule has 0 aromatic carbocycles. The van der Waals surface area contributed by atoms with Gasteiger partial charge >= 0.3 is 0 Å². The van der Waals surface area contributed by atoms with Crippen LogP contribution < -0.4 is 5.32 Å². The molecule has 3 rings (SSSR count). The Hall–Kier alpha value is -2.15. The number of carbonyl (C=O) groups is 2. The van der Waals surface area contributed by atoms with Gasteiger partial charge in [0, 0.05) is 18.0 Å². The normalized spacial score (nSPS) is 17.6. The fourth-order valence-electron chi connectivity index (χ4n) is 3.05. The minimum Gasteiger partial charge on any atom is -0.361 e. The van der Waals surface area contributed by atoms with Crippen LogP contribution in [0.3, 0.4) is 0 Å². The number of rotatable bonds is 3. The first-order valence-electron chi connectivity index (χ1n) is 8.83. The number of thiophene rings is 1. The molecule has 6 nitrogen and oxygen atoms in total. The van der Waals surface area contributed by atoms with E-state index in [2.05, 4.69) is 10.5 Å². The first-order valence-corrected chi connectivity index (χ1v) is 9.64. The van der Waals surface area contributed by atoms with E-state index in [1.165, 1.54) is 11.3 Å². The molecule has 1 saturated heterocycles. The third-order valence-electron chi connectivity index (χ3n) is 4.53. The van der Waals surface area contributed by atoms with Gasteiger partial charge in [0.15, 0.2) is 0 Å². The summed E-state index contributed by atoms with van der Waals surface area (Å²) in [5, 5.41) is 7.72. The molecule has 3 heterocycles. The van der Waals surface area contributed by atoms with Crippen molar-refractivity contribution in [1.82, 2.24) is 10.1 Å². The van der Waals surface area contributed by atoms with Crippen LogP contribution in [-0.2, 0) is 4.79 Å². The zero-order chi connectivity index (χ0) is 19.1. The van der Waals surface area contributed by atoms with Crippen molar-refractivity contribution in [2.45, 2.75) is 53.5 Å². The molecule has 7 heteroatoms. The summed E-state index contributed by atoms with van der Waals surface area (Å²) in [5.74, 6) is 0.681. The molecule has 2 aromatic heterocycles. The van der Waals surface area contributed by atoms with Gasteiger partial charge in [0.2, 0.25) is 5.91 Å². The monoisotopic (exact) mass is 375 g/mol. The van der Waals surface area contributed by atoms with Crippen LogP contribution in [0, 0.1) is 19.3 Å². The van der Waals surface area contributed by atoms with E-state index in [-0.39, 0.29) is 17.9 Å². The van der Waals surface area contributed by atoms with Gasteiger partial charge in [-0.1, -0.05) is 25.9 Å². The lowest BCUT2D eigenvalue weighted by molar-refractivity contribution is -0.123. The van der Waals surface area contributed by atoms with Gasteiger partial charge in [-0.2, -0.15) is 0 Å². The second-order valence-electron chi connectivity index (χ2n) is 7.85. The summed E-state index contributed by atoms with van der Waals surface area (Å²) in [5.41, 5.74) is 1.21. The zero-order valence-corrected chi connectivity index (χ0v) is 16.7. The van der Waals surface area contributed by atoms with Crippen molar-refractivity contribution in [2.24, 2.45) is 5.41 Å². The van der Waals surface area contributed by atoms with Gasteiger partial charge in [-0.25, -0.2) is 0 Å². The molecule has 0 radical (unpaired) electrons. The maximum Gasteiger partial charge on any atom is 0.264 e. The standard InChI is InChI=1S/C19H25N3O3S/c1-11-9-15(20-18(24)19(3,4)5)26-16(11)17(23)22-8-6-7-14(22)13-10-12(2)25-21-13/h9-10,14H,6-8H2,1-5H3,(H,20,24). The minimum absolute atomic E-state index is 0.00749. The predicted molar refractivity (Wildman–Crippen MR) is 101 cm³/mol. The molecule has 140 valence electrons. The highest BCUT2D eigenvalue weighted by atomic mass is 32.1. The van der Waals surface area contributed by atoms with Gasteiger partial charge in [-0.3, -0.25) is 9.59 Å². The van der Waals surface area contributed by atoms with Gasteiger partial charge in [-0.05, 0) is 38.3 Å². The molecule has 0 spiro atoms. The third-order valence-corrected chi connectivity index (χ3v) is 5.67. The average molecular weight is 375 g/mol. The topological polar surface area (TPSA) is 75.4 Å². The van der Waals surface area contributed by atoms with E-state index in [0.29, 0.717) is 16.4 Å². The summed E-state index contributed by atoms with van der Waals surface area (Å²) in [4.78, 5) is 27.9. The summed E-state index contributed by atoms with van der Waals surface area (Å²) < 4.78 is 5.18. The van der Waals surface area contributed by atoms with Crippen molar-refractivity contribution in [1.29, 1.82) is 0 Å². The Kier molecular flexibility index (Phi) is 4.92. The molecular formula is C19H25N3O3S. The van der Waals surface area contributed by atoms with Crippen molar-refractivity contribution in [2.75, 3.05) is 11.9 Å². The maximum absolute atomic E-state index is 13.1. The quantitative estimate of drug-likeness (QED) is 0.867. The highest BCUT2D eigenvalue weighted by Crippen LogP contribution is 2.36. The van der Waals surface area contributed by atoms with E-state index in [9.17, 15) is 9.59 Å². The van der Waals surface area contributed by atoms with E-state index in [4.69, 9.17) is 4.52 Å². The molecule has 1 aliphatic rings. The summed E-state index contributed by atoms with van der Waals surface area (Å²) in [6.07, 6.45) is 1.83. The van der Waals surface area contributed by atoms with Crippen LogP contribution in [0.4, 0.5) is 5.00 Å². The van der Waals surface area contributed by atoms with Gasteiger partial charge in [-0.15, -0.1) is 11.3 Å². The van der Waals surface area contributed by atoms with Crippen LogP contribution in [0.15, 0.2) is 16.7 Å². The molecule has 1 aliphatic heterocycles. The maximum atomic E-state index is 13.1. The number of likely N-dealkylation sites (tertiary alicyclic amines) is 1. The Morgan fingerprint density at radius 2 is 2.04 bits per heavy atom. The molecule has 1 N–H and O–H groups in total. The van der Waals surface area contributed by atoms with Crippen molar-refractivity contribution < 1.29 is 14.1 Å². The molecule has 2 aromatic rings. The lowest BCUT2D eigenvalue weighted by atomic mass is 9.96. The molecule has 0 bridgehead atoms. The van der Waals surface area contributed by atoms with Crippen LogP contribution in [0.5, 0.6) is 0 Å². The fraction of sp³-hybridized carbons (Fsp3) is 0.526. The first kappa shape index (κ1) is 18.6. The number of carbonyl (C=O) groups excluding carboxylic acids is 2. The lowest BCUT2D eigenvalue weighted by Gasteiger charge is -2.22. The highest BCUT2D eigenvalue weighted by Gasteiger charge is 2.34. The highest BCUT2D eigenvalue weighted by molar-refractivity contribution is 7.18. The Labute approximate surface area is 157 Å². The number of aryl methyl sites for hydroxylation is 2. The van der Waals surface area contributed by atoms with Gasteiger partial charge in [0.05, 0.1) is 15.9 Å². The first-order chi connectivity index (χ1) is 12.2. The van der Waals surface area contributed by atoms with Crippen LogP contribution >= 0.6 is 11.3 Å². The zero-order valence-electron chi connectivity index (χ0n) is 15.9. The third kappa shape index (κ3) is 3.67. The smallest absolute Gasteiger partial charge is 0.264 e. The van der Waals surface area contributed by atoms with E-state index in [1.807, 2.05) is 51.7 Å². The summed E-state index contributed by atoms with van der Waals surface area (Å²) in [6, 6.07) is 3.72. The molecule has 26 heavy (non-hydrogen) atoms. The largest absolute Gasteiger partial charge is 0.361 e. The second-order valence-corrected chi connectivity index (χ2v) is 8.90. The van der Waals surface area contributed by atoms with E-state index >= 15 is 0 Å². The lowest BCUT2D eigenvalue weighted by Crippen LogP contribution is -2.30. The molecule has 2 amide bonds. The molecule has 0 saturated carbocycles. The van der Waals surface area contributed by atoms with Crippen molar-refractivity contribution in [3.8, 4) is 0 Å². The second kappa shape index (κ2) is 6.87. The molecule has 1 atom stereocenters. The van der Waals surface area contributed by atoms with Crippen molar-refractivity contribution >= 4 is 28.2 Å². The molecule has 1 fully saturated rings. The number of hydrogen-bond acceptors (Lipinski definition) is 5. The summed E-state index contributed by atoms with van der Waals surface area (Å²) in [6.45, 7) is 10.1. The van der Waals surface area contributed by atoms with E-state index < -0.39 is 5.41 Å². The fourth-order valence-corrected chi connectivity index (χ4v) is 4.07. The van der Waals surface area contributed by atoms with Crippen LogP contribution in [-0.4, -0.2) is 28.4 Å². The molecular weight excluding hydrogens is 350 g/mol. The number of amides is 2. The Bertz CT molecular complexity index is 831. The number of hydrogen-bond donors (Lipinski definition) is 1. The predicted octanol–water partition coefficient (Wildman–Crippen LogP) is 4.31. The molecule has 0 aliphatic carbocycles. The van der Waals surface area contributed by atoms with Gasteiger partial charge in [0.1, 0.15) is 11.5 Å². The van der Waals surface area contributed by atoms with Crippen molar-refractivity contribution in [3.63, 3.8) is 0 Å². The Morgan fingerprint density at radius 3 is 2.65 bits per heavy atom. The van der Waals surface area contributed by atoms with Crippen molar-refractivity contribution in [3.05, 3.63) is 34.0 Å².